The summed E-state index contributed by atoms with van der Waals surface area (Å²) in [5.74, 6) is 1.88. The van der Waals surface area contributed by atoms with Gasteiger partial charge in [0.05, 0.1) is 10.00 Å². The van der Waals surface area contributed by atoms with Crippen LogP contribution in [0.15, 0.2) is 21.6 Å². The standard InChI is InChI=1S/C15H19Br3O2/c1-3-12-10-13(19-8-5-14(17)18)9-11(2)15(12)20-7-4-6-16/h5,9-10H,3-4,6-8H2,1-2H3. The summed E-state index contributed by atoms with van der Waals surface area (Å²) in [6.45, 7) is 5.45. The molecule has 0 spiro atoms. The number of rotatable bonds is 8. The van der Waals surface area contributed by atoms with Crippen LogP contribution in [0.3, 0.4) is 0 Å². The molecule has 0 aliphatic rings. The van der Waals surface area contributed by atoms with Crippen molar-refractivity contribution in [3.05, 3.63) is 32.7 Å². The van der Waals surface area contributed by atoms with Gasteiger partial charge in [-0.2, -0.15) is 0 Å². The number of benzene rings is 1. The Hall–Kier alpha value is -0.000000000000000167. The Bertz CT molecular complexity index is 455. The molecule has 1 aromatic carbocycles. The van der Waals surface area contributed by atoms with Crippen LogP contribution in [0.2, 0.25) is 0 Å². The highest BCUT2D eigenvalue weighted by Gasteiger charge is 2.09. The highest BCUT2D eigenvalue weighted by molar-refractivity contribution is 9.28. The zero-order valence-electron chi connectivity index (χ0n) is 11.7. The molecule has 0 unspecified atom stereocenters. The minimum absolute atomic E-state index is 0.526. The molecule has 0 fully saturated rings. The number of aryl methyl sites for hydroxylation is 2. The fraction of sp³-hybridized carbons (Fsp3) is 0.467. The van der Waals surface area contributed by atoms with E-state index in [1.807, 2.05) is 12.1 Å². The van der Waals surface area contributed by atoms with E-state index in [-0.39, 0.29) is 0 Å². The average Bonchev–Trinajstić information content (AvgIpc) is 2.40. The molecule has 0 amide bonds. The van der Waals surface area contributed by atoms with Crippen molar-refractivity contribution in [2.75, 3.05) is 18.5 Å². The maximum Gasteiger partial charge on any atom is 0.125 e. The first kappa shape index (κ1) is 18.1. The molecule has 20 heavy (non-hydrogen) atoms. The Balaban J connectivity index is 2.81. The summed E-state index contributed by atoms with van der Waals surface area (Å²) in [6, 6.07) is 4.09. The predicted molar refractivity (Wildman–Crippen MR) is 95.9 cm³/mol. The molecule has 0 heterocycles. The van der Waals surface area contributed by atoms with Gasteiger partial charge >= 0.3 is 0 Å². The zero-order chi connectivity index (χ0) is 15.0. The summed E-state index contributed by atoms with van der Waals surface area (Å²) in [4.78, 5) is 0. The minimum atomic E-state index is 0.526. The van der Waals surface area contributed by atoms with Gasteiger partial charge in [0, 0.05) is 5.33 Å². The van der Waals surface area contributed by atoms with Gasteiger partial charge in [0.25, 0.3) is 0 Å². The highest BCUT2D eigenvalue weighted by Crippen LogP contribution is 2.30. The Labute approximate surface area is 146 Å². The SMILES string of the molecule is CCc1cc(OCC=C(Br)Br)cc(C)c1OCCCBr. The summed E-state index contributed by atoms with van der Waals surface area (Å²) >= 11 is 10.0. The fourth-order valence-corrected chi connectivity index (χ4v) is 2.29. The summed E-state index contributed by atoms with van der Waals surface area (Å²) < 4.78 is 12.5. The summed E-state index contributed by atoms with van der Waals surface area (Å²) in [5, 5.41) is 0.961. The number of halogens is 3. The molecular weight excluding hydrogens is 452 g/mol. The molecular formula is C15H19Br3O2. The van der Waals surface area contributed by atoms with E-state index in [1.165, 1.54) is 5.56 Å². The van der Waals surface area contributed by atoms with E-state index in [0.29, 0.717) is 6.61 Å². The molecule has 0 aliphatic heterocycles. The van der Waals surface area contributed by atoms with Crippen LogP contribution in [0.4, 0.5) is 0 Å². The molecule has 0 radical (unpaired) electrons. The zero-order valence-corrected chi connectivity index (χ0v) is 16.5. The predicted octanol–water partition coefficient (Wildman–Crippen LogP) is 5.73. The molecule has 1 rings (SSSR count). The summed E-state index contributed by atoms with van der Waals surface area (Å²) in [5.41, 5.74) is 2.31. The second-order valence-electron chi connectivity index (χ2n) is 4.28. The van der Waals surface area contributed by atoms with Crippen LogP contribution in [-0.4, -0.2) is 18.5 Å². The normalized spacial score (nSPS) is 10.2. The molecule has 0 aliphatic carbocycles. The van der Waals surface area contributed by atoms with Crippen molar-refractivity contribution in [1.82, 2.24) is 0 Å². The molecule has 1 aromatic rings. The van der Waals surface area contributed by atoms with Crippen LogP contribution in [0.1, 0.15) is 24.5 Å². The van der Waals surface area contributed by atoms with E-state index in [1.54, 1.807) is 0 Å². The van der Waals surface area contributed by atoms with Crippen molar-refractivity contribution in [2.45, 2.75) is 26.7 Å². The van der Waals surface area contributed by atoms with Crippen LogP contribution < -0.4 is 9.47 Å². The third-order valence-electron chi connectivity index (χ3n) is 2.72. The minimum Gasteiger partial charge on any atom is -0.493 e. The second-order valence-corrected chi connectivity index (χ2v) is 7.84. The molecule has 0 atom stereocenters. The van der Waals surface area contributed by atoms with Gasteiger partial charge < -0.3 is 9.47 Å². The van der Waals surface area contributed by atoms with Crippen molar-refractivity contribution in [3.8, 4) is 11.5 Å². The molecule has 112 valence electrons. The van der Waals surface area contributed by atoms with Crippen molar-refractivity contribution in [2.24, 2.45) is 0 Å². The van der Waals surface area contributed by atoms with Gasteiger partial charge in [-0.1, -0.05) is 22.9 Å². The molecule has 5 heteroatoms. The smallest absolute Gasteiger partial charge is 0.125 e. The first-order chi connectivity index (χ1) is 9.58. The lowest BCUT2D eigenvalue weighted by Gasteiger charge is -2.15. The van der Waals surface area contributed by atoms with Crippen molar-refractivity contribution in [3.63, 3.8) is 0 Å². The number of hydrogen-bond donors (Lipinski definition) is 0. The molecule has 0 saturated heterocycles. The first-order valence-electron chi connectivity index (χ1n) is 6.54. The van der Waals surface area contributed by atoms with Crippen LogP contribution in [0.5, 0.6) is 11.5 Å². The van der Waals surface area contributed by atoms with Gasteiger partial charge in [-0.3, -0.25) is 0 Å². The Kier molecular flexibility index (Phi) is 8.89. The third kappa shape index (κ3) is 6.19. The van der Waals surface area contributed by atoms with Crippen molar-refractivity contribution >= 4 is 47.8 Å². The van der Waals surface area contributed by atoms with Gasteiger partial charge in [-0.05, 0) is 81.0 Å². The summed E-state index contributed by atoms with van der Waals surface area (Å²) in [7, 11) is 0. The molecule has 2 nitrogen and oxygen atoms in total. The maximum absolute atomic E-state index is 5.88. The topological polar surface area (TPSA) is 18.5 Å². The second kappa shape index (κ2) is 9.85. The molecule has 0 saturated carbocycles. The average molecular weight is 471 g/mol. The van der Waals surface area contributed by atoms with E-state index in [0.717, 1.165) is 45.2 Å². The van der Waals surface area contributed by atoms with Gasteiger partial charge in [0.2, 0.25) is 0 Å². The van der Waals surface area contributed by atoms with Crippen molar-refractivity contribution in [1.29, 1.82) is 0 Å². The third-order valence-corrected chi connectivity index (χ3v) is 3.93. The molecule has 0 aromatic heterocycles. The number of ether oxygens (including phenoxy) is 2. The lowest BCUT2D eigenvalue weighted by molar-refractivity contribution is 0.311. The quantitative estimate of drug-likeness (QED) is 0.356. The lowest BCUT2D eigenvalue weighted by Crippen LogP contribution is -2.03. The van der Waals surface area contributed by atoms with Gasteiger partial charge in [-0.25, -0.2) is 0 Å². The van der Waals surface area contributed by atoms with E-state index >= 15 is 0 Å². The van der Waals surface area contributed by atoms with E-state index < -0.39 is 0 Å². The van der Waals surface area contributed by atoms with Gasteiger partial charge in [0.1, 0.15) is 18.1 Å². The monoisotopic (exact) mass is 468 g/mol. The van der Waals surface area contributed by atoms with Crippen LogP contribution in [0, 0.1) is 6.92 Å². The Morgan fingerprint density at radius 2 is 2.00 bits per heavy atom. The molecule has 0 N–H and O–H groups in total. The number of alkyl halides is 1. The Morgan fingerprint density at radius 3 is 2.60 bits per heavy atom. The molecule has 0 bridgehead atoms. The maximum atomic E-state index is 5.88. The largest absolute Gasteiger partial charge is 0.493 e. The first-order valence-corrected chi connectivity index (χ1v) is 9.25. The van der Waals surface area contributed by atoms with Crippen molar-refractivity contribution < 1.29 is 9.47 Å². The Morgan fingerprint density at radius 1 is 1.25 bits per heavy atom. The fourth-order valence-electron chi connectivity index (χ4n) is 1.79. The van der Waals surface area contributed by atoms with Gasteiger partial charge in [0.15, 0.2) is 0 Å². The number of hydrogen-bond acceptors (Lipinski definition) is 2. The lowest BCUT2D eigenvalue weighted by atomic mass is 10.1. The van der Waals surface area contributed by atoms with Crippen LogP contribution in [0.25, 0.3) is 0 Å². The summed E-state index contributed by atoms with van der Waals surface area (Å²) in [6.07, 6.45) is 3.85. The van der Waals surface area contributed by atoms with Crippen LogP contribution in [-0.2, 0) is 6.42 Å². The van der Waals surface area contributed by atoms with Crippen LogP contribution >= 0.6 is 47.8 Å². The highest BCUT2D eigenvalue weighted by atomic mass is 79.9. The van der Waals surface area contributed by atoms with E-state index in [2.05, 4.69) is 67.7 Å². The van der Waals surface area contributed by atoms with E-state index in [4.69, 9.17) is 9.47 Å². The van der Waals surface area contributed by atoms with Gasteiger partial charge in [-0.15, -0.1) is 0 Å². The van der Waals surface area contributed by atoms with E-state index in [9.17, 15) is 0 Å².